The monoisotopic (exact) mass is 573 g/mol. The molecule has 3 heterocycles. The number of hydrazone groups is 1. The van der Waals surface area contributed by atoms with E-state index in [0.717, 1.165) is 37.2 Å². The molecule has 11 heteroatoms. The molecule has 2 saturated heterocycles. The number of rotatable bonds is 7. The van der Waals surface area contributed by atoms with Gasteiger partial charge in [-0.25, -0.2) is 17.5 Å². The topological polar surface area (TPSA) is 97.1 Å². The largest absolute Gasteiger partial charge is 0.368 e. The molecule has 3 fully saturated rings. The Hall–Kier alpha value is -2.63. The number of halogens is 1. The first kappa shape index (κ1) is 28.9. The van der Waals surface area contributed by atoms with E-state index in [-0.39, 0.29) is 28.8 Å². The standard InChI is InChI=1S/C29H42FN6O3S/c1-8-26(37)35-17-21(13-29(35,7)27(4,5)30)18-36-25-12-22(40(38,39)33-28(6)9-10-28)11-24(23(25)14-31-36)34-15-19(2)32-20(3)16-34/h8,11-12,14,18-21,32-33H,1,9-10,13,15-17H2,2-7H3/q+1/b36-18-/t19-,20-,21?,29-/m0/s1. The van der Waals surface area contributed by atoms with Gasteiger partial charge in [0, 0.05) is 43.3 Å². The summed E-state index contributed by atoms with van der Waals surface area (Å²) in [7, 11) is -3.78. The Balaban J connectivity index is 1.56. The predicted molar refractivity (Wildman–Crippen MR) is 156 cm³/mol. The minimum absolute atomic E-state index is 0.196. The van der Waals surface area contributed by atoms with Crippen molar-refractivity contribution in [3.63, 3.8) is 0 Å². The lowest BCUT2D eigenvalue weighted by atomic mass is 9.81. The smallest absolute Gasteiger partial charge is 0.250 e. The zero-order valence-electron chi connectivity index (χ0n) is 24.4. The highest BCUT2D eigenvalue weighted by molar-refractivity contribution is 7.89. The van der Waals surface area contributed by atoms with E-state index in [0.29, 0.717) is 18.7 Å². The van der Waals surface area contributed by atoms with Crippen LogP contribution in [0.1, 0.15) is 66.4 Å². The molecule has 1 aliphatic carbocycles. The van der Waals surface area contributed by atoms with E-state index in [1.807, 2.05) is 13.1 Å². The van der Waals surface area contributed by atoms with E-state index in [2.05, 4.69) is 40.5 Å². The van der Waals surface area contributed by atoms with E-state index in [1.165, 1.54) is 19.9 Å². The highest BCUT2D eigenvalue weighted by atomic mass is 32.2. The van der Waals surface area contributed by atoms with Crippen molar-refractivity contribution >= 4 is 39.7 Å². The fourth-order valence-corrected chi connectivity index (χ4v) is 7.77. The van der Waals surface area contributed by atoms with Gasteiger partial charge in [-0.05, 0) is 78.0 Å². The maximum atomic E-state index is 15.4. The number of likely N-dealkylation sites (tertiary alicyclic amines) is 1. The van der Waals surface area contributed by atoms with Crippen LogP contribution in [-0.4, -0.2) is 84.8 Å². The van der Waals surface area contributed by atoms with Crippen LogP contribution in [0.3, 0.4) is 0 Å². The van der Waals surface area contributed by atoms with Crippen LogP contribution in [0.4, 0.5) is 15.8 Å². The Morgan fingerprint density at radius 1 is 1.23 bits per heavy atom. The molecule has 5 rings (SSSR count). The van der Waals surface area contributed by atoms with Gasteiger partial charge in [0.2, 0.25) is 21.6 Å². The van der Waals surface area contributed by atoms with Crippen molar-refractivity contribution in [3.8, 4) is 0 Å². The minimum atomic E-state index is -3.78. The summed E-state index contributed by atoms with van der Waals surface area (Å²) < 4.78 is 47.1. The molecule has 1 unspecified atom stereocenters. The third-order valence-electron chi connectivity index (χ3n) is 9.00. The molecule has 9 nitrogen and oxygen atoms in total. The van der Waals surface area contributed by atoms with Gasteiger partial charge in [0.1, 0.15) is 11.9 Å². The molecule has 40 heavy (non-hydrogen) atoms. The maximum Gasteiger partial charge on any atom is 0.250 e. The zero-order chi connectivity index (χ0) is 29.3. The number of anilines is 1. The molecule has 0 radical (unpaired) electrons. The quantitative estimate of drug-likeness (QED) is 0.386. The number of benzene rings is 1. The Bertz CT molecular complexity index is 1390. The molecule has 0 bridgehead atoms. The second-order valence-corrected chi connectivity index (χ2v) is 14.7. The number of sulfonamides is 1. The Kier molecular flexibility index (Phi) is 7.03. The number of amides is 1. The molecule has 0 aromatic heterocycles. The predicted octanol–water partition coefficient (Wildman–Crippen LogP) is 3.31. The highest BCUT2D eigenvalue weighted by Gasteiger charge is 2.54. The average molecular weight is 574 g/mol. The summed E-state index contributed by atoms with van der Waals surface area (Å²) in [5, 5.41) is 8.18. The van der Waals surface area contributed by atoms with Crippen molar-refractivity contribution < 1.29 is 22.3 Å². The minimum Gasteiger partial charge on any atom is -0.368 e. The van der Waals surface area contributed by atoms with Crippen molar-refractivity contribution in [1.82, 2.24) is 14.9 Å². The van der Waals surface area contributed by atoms with Crippen LogP contribution in [0.15, 0.2) is 34.8 Å². The summed E-state index contributed by atoms with van der Waals surface area (Å²) in [4.78, 5) is 16.7. The zero-order valence-corrected chi connectivity index (χ0v) is 25.2. The van der Waals surface area contributed by atoms with E-state index in [9.17, 15) is 13.2 Å². The number of nitrogens with zero attached hydrogens (tertiary/aromatic N) is 4. The SMILES string of the molecule is C=CC(=O)N1CC(/C=[N+]2\N=Cc3c(N4C[C@H](C)N[C@@H](C)C4)cc(S(=O)(=O)NC4(C)CC4)cc32)C[C@@]1(C)C(C)(C)F. The number of carbonyl (C=O) groups is 1. The molecular formula is C29H42FN6O3S+. The van der Waals surface area contributed by atoms with Crippen molar-refractivity contribution in [1.29, 1.82) is 0 Å². The molecule has 1 aromatic rings. The van der Waals surface area contributed by atoms with Crippen LogP contribution in [0.5, 0.6) is 0 Å². The first-order chi connectivity index (χ1) is 18.5. The van der Waals surface area contributed by atoms with Gasteiger partial charge in [-0.1, -0.05) is 11.3 Å². The molecule has 2 N–H and O–H groups in total. The summed E-state index contributed by atoms with van der Waals surface area (Å²) in [6.07, 6.45) is 6.90. The fourth-order valence-electron chi connectivity index (χ4n) is 6.26. The molecule has 3 aliphatic heterocycles. The number of hydrogen-bond donors (Lipinski definition) is 2. The van der Waals surface area contributed by atoms with Gasteiger partial charge in [0.05, 0.1) is 27.6 Å². The molecule has 218 valence electrons. The lowest BCUT2D eigenvalue weighted by Gasteiger charge is -2.42. The van der Waals surface area contributed by atoms with Gasteiger partial charge < -0.3 is 15.1 Å². The van der Waals surface area contributed by atoms with Crippen molar-refractivity contribution in [2.24, 2.45) is 11.0 Å². The number of piperazine rings is 1. The fraction of sp³-hybridized carbons (Fsp3) is 0.621. The Labute approximate surface area is 237 Å². The van der Waals surface area contributed by atoms with Gasteiger partial charge in [-0.2, -0.15) is 0 Å². The second-order valence-electron chi connectivity index (χ2n) is 13.0. The summed E-state index contributed by atoms with van der Waals surface area (Å²) in [6.45, 7) is 16.3. The number of carbonyl (C=O) groups excluding carboxylic acids is 1. The van der Waals surface area contributed by atoms with Gasteiger partial charge >= 0.3 is 0 Å². The molecule has 1 saturated carbocycles. The van der Waals surface area contributed by atoms with Gasteiger partial charge in [-0.3, -0.25) is 4.79 Å². The van der Waals surface area contributed by atoms with E-state index < -0.39 is 26.8 Å². The molecule has 0 spiro atoms. The third-order valence-corrected chi connectivity index (χ3v) is 10.6. The summed E-state index contributed by atoms with van der Waals surface area (Å²) in [5.74, 6) is -0.509. The van der Waals surface area contributed by atoms with Crippen molar-refractivity contribution in [3.05, 3.63) is 30.4 Å². The Morgan fingerprint density at radius 3 is 2.45 bits per heavy atom. The highest BCUT2D eigenvalue weighted by Crippen LogP contribution is 2.44. The average Bonchev–Trinajstić information content (AvgIpc) is 3.26. The summed E-state index contributed by atoms with van der Waals surface area (Å²) >= 11 is 0. The molecular weight excluding hydrogens is 531 g/mol. The lowest BCUT2D eigenvalue weighted by molar-refractivity contribution is -0.438. The van der Waals surface area contributed by atoms with Gasteiger partial charge in [0.25, 0.3) is 0 Å². The number of hydrogen-bond acceptors (Lipinski definition) is 6. The van der Waals surface area contributed by atoms with Crippen molar-refractivity contribution in [2.45, 2.75) is 94.5 Å². The summed E-state index contributed by atoms with van der Waals surface area (Å²) in [5.41, 5.74) is -0.753. The lowest BCUT2D eigenvalue weighted by Crippen LogP contribution is -2.55. The van der Waals surface area contributed by atoms with Crippen LogP contribution >= 0.6 is 0 Å². The first-order valence-corrected chi connectivity index (χ1v) is 15.6. The molecule has 4 aliphatic rings. The Morgan fingerprint density at radius 2 is 1.88 bits per heavy atom. The van der Waals surface area contributed by atoms with Crippen LogP contribution in [-0.2, 0) is 14.8 Å². The number of fused-ring (bicyclic) bond motifs is 1. The maximum absolute atomic E-state index is 15.4. The molecule has 1 amide bonds. The number of alkyl halides is 1. The second kappa shape index (κ2) is 9.73. The van der Waals surface area contributed by atoms with Crippen LogP contribution < -0.4 is 14.9 Å². The molecule has 1 aromatic carbocycles. The van der Waals surface area contributed by atoms with Crippen LogP contribution in [0, 0.1) is 5.92 Å². The van der Waals surface area contributed by atoms with Crippen molar-refractivity contribution in [2.75, 3.05) is 24.5 Å². The van der Waals surface area contributed by atoms with Crippen LogP contribution in [0.25, 0.3) is 0 Å². The normalized spacial score (nSPS) is 30.6. The van der Waals surface area contributed by atoms with Crippen LogP contribution in [0.2, 0.25) is 0 Å². The third kappa shape index (κ3) is 5.23. The summed E-state index contributed by atoms with van der Waals surface area (Å²) in [6, 6.07) is 3.90. The van der Waals surface area contributed by atoms with E-state index >= 15 is 4.39 Å². The first-order valence-electron chi connectivity index (χ1n) is 14.1. The van der Waals surface area contributed by atoms with E-state index in [1.54, 1.807) is 34.9 Å². The van der Waals surface area contributed by atoms with Gasteiger partial charge in [0.15, 0.2) is 6.21 Å². The van der Waals surface area contributed by atoms with E-state index in [4.69, 9.17) is 0 Å². The molecule has 4 atom stereocenters. The number of nitrogens with one attached hydrogen (secondary N) is 2. The van der Waals surface area contributed by atoms with Gasteiger partial charge in [-0.15, -0.1) is 0 Å².